The molecule has 0 amide bonds. The number of fused-ring (bicyclic) bond motifs is 5. The molecule has 9 heteroatoms. The molecule has 0 unspecified atom stereocenters. The first kappa shape index (κ1) is 21.9. The molecule has 6 rings (SSSR count). The van der Waals surface area contributed by atoms with Gasteiger partial charge in [-0.25, -0.2) is 18.7 Å². The average Bonchev–Trinajstić information content (AvgIpc) is 3.48. The lowest BCUT2D eigenvalue weighted by Crippen LogP contribution is -2.37. The molecule has 1 saturated carbocycles. The Kier molecular flexibility index (Phi) is 4.67. The second-order valence-electron chi connectivity index (χ2n) is 9.98. The van der Waals surface area contributed by atoms with Crippen LogP contribution in [-0.2, 0) is 5.41 Å². The van der Waals surface area contributed by atoms with Crippen LogP contribution in [0.4, 0.5) is 8.78 Å². The zero-order chi connectivity index (χ0) is 24.5. The molecule has 7 nitrogen and oxygen atoms in total. The monoisotopic (exact) mass is 474 g/mol. The van der Waals surface area contributed by atoms with Crippen molar-refractivity contribution in [2.45, 2.75) is 51.0 Å². The van der Waals surface area contributed by atoms with E-state index in [2.05, 4.69) is 39.2 Å². The normalized spacial score (nSPS) is 22.9. The molecule has 0 saturated heterocycles. The van der Waals surface area contributed by atoms with Crippen LogP contribution in [0.3, 0.4) is 0 Å². The van der Waals surface area contributed by atoms with Crippen molar-refractivity contribution in [1.29, 1.82) is 0 Å². The van der Waals surface area contributed by atoms with Crippen LogP contribution in [0.25, 0.3) is 22.8 Å². The number of aromatic amines is 1. The van der Waals surface area contributed by atoms with Gasteiger partial charge in [0.15, 0.2) is 11.6 Å². The Morgan fingerprint density at radius 2 is 1.77 bits per heavy atom. The van der Waals surface area contributed by atoms with Crippen LogP contribution in [0.5, 0.6) is 0 Å². The van der Waals surface area contributed by atoms with Crippen LogP contribution in [0.1, 0.15) is 68.4 Å². The van der Waals surface area contributed by atoms with Crippen molar-refractivity contribution in [3.63, 3.8) is 0 Å². The van der Waals surface area contributed by atoms with Gasteiger partial charge in [0, 0.05) is 0 Å². The number of nitrogens with zero attached hydrogens (tertiary/aromatic N) is 5. The standard InChI is InChI=1S/C26H24F2N6O/c1-13(35)23-30-24(34-33-23)18-8-5-9-20(29-18)26-11-10-15(25(26,2)3)14-12-19(31-32-22(14)26)21-16(27)6-4-7-17(21)28/h4-9,12-13,15,35H,10-11H2,1-3H3,(H,30,33,34)/t13-,15+,26+/m1/s1. The minimum absolute atomic E-state index is 0.150. The lowest BCUT2D eigenvalue weighted by atomic mass is 9.66. The maximum atomic E-state index is 14.5. The molecular weight excluding hydrogens is 450 g/mol. The Hall–Kier alpha value is -3.59. The molecule has 1 fully saturated rings. The van der Waals surface area contributed by atoms with Crippen LogP contribution in [-0.4, -0.2) is 35.5 Å². The molecule has 0 radical (unpaired) electrons. The van der Waals surface area contributed by atoms with E-state index >= 15 is 0 Å². The zero-order valence-electron chi connectivity index (χ0n) is 19.5. The summed E-state index contributed by atoms with van der Waals surface area (Å²) in [6.45, 7) is 6.01. The van der Waals surface area contributed by atoms with Gasteiger partial charge in [0.2, 0.25) is 0 Å². The van der Waals surface area contributed by atoms with E-state index in [1.807, 2.05) is 18.2 Å². The number of H-pyrrole nitrogens is 1. The first-order valence-corrected chi connectivity index (χ1v) is 11.6. The summed E-state index contributed by atoms with van der Waals surface area (Å²) in [4.78, 5) is 9.33. The summed E-state index contributed by atoms with van der Waals surface area (Å²) < 4.78 is 29.0. The summed E-state index contributed by atoms with van der Waals surface area (Å²) in [5.41, 5.74) is 2.49. The summed E-state index contributed by atoms with van der Waals surface area (Å²) in [7, 11) is 0. The highest BCUT2D eigenvalue weighted by Crippen LogP contribution is 2.69. The quantitative estimate of drug-likeness (QED) is 0.438. The van der Waals surface area contributed by atoms with Crippen molar-refractivity contribution < 1.29 is 13.9 Å². The number of rotatable bonds is 4. The Morgan fingerprint density at radius 3 is 2.49 bits per heavy atom. The molecule has 35 heavy (non-hydrogen) atoms. The molecule has 1 aromatic carbocycles. The van der Waals surface area contributed by atoms with Crippen LogP contribution in [0.15, 0.2) is 42.5 Å². The molecule has 2 bridgehead atoms. The summed E-state index contributed by atoms with van der Waals surface area (Å²) in [5.74, 6) is -0.391. The van der Waals surface area contributed by atoms with Gasteiger partial charge < -0.3 is 5.11 Å². The average molecular weight is 475 g/mol. The number of aromatic nitrogens is 6. The van der Waals surface area contributed by atoms with Crippen LogP contribution in [0.2, 0.25) is 0 Å². The maximum absolute atomic E-state index is 14.5. The van der Waals surface area contributed by atoms with Gasteiger partial charge in [-0.05, 0) is 67.0 Å². The molecule has 0 aliphatic heterocycles. The van der Waals surface area contributed by atoms with Gasteiger partial charge in [-0.15, -0.1) is 5.10 Å². The fraction of sp³-hybridized carbons (Fsp3) is 0.346. The van der Waals surface area contributed by atoms with Crippen LogP contribution >= 0.6 is 0 Å². The fourth-order valence-corrected chi connectivity index (χ4v) is 6.13. The van der Waals surface area contributed by atoms with E-state index in [1.54, 1.807) is 13.0 Å². The highest BCUT2D eigenvalue weighted by Gasteiger charge is 2.65. The van der Waals surface area contributed by atoms with Gasteiger partial charge in [-0.1, -0.05) is 26.0 Å². The first-order chi connectivity index (χ1) is 16.7. The Balaban J connectivity index is 1.49. The van der Waals surface area contributed by atoms with E-state index < -0.39 is 23.2 Å². The van der Waals surface area contributed by atoms with E-state index in [0.717, 1.165) is 29.8 Å². The van der Waals surface area contributed by atoms with Crippen molar-refractivity contribution in [3.05, 3.63) is 76.9 Å². The van der Waals surface area contributed by atoms with Gasteiger partial charge in [0.05, 0.1) is 28.1 Å². The van der Waals surface area contributed by atoms with Crippen molar-refractivity contribution in [1.82, 2.24) is 30.4 Å². The van der Waals surface area contributed by atoms with Crippen molar-refractivity contribution >= 4 is 0 Å². The van der Waals surface area contributed by atoms with Gasteiger partial charge >= 0.3 is 0 Å². The van der Waals surface area contributed by atoms with Gasteiger partial charge in [0.1, 0.15) is 23.4 Å². The van der Waals surface area contributed by atoms with E-state index in [4.69, 9.17) is 4.98 Å². The first-order valence-electron chi connectivity index (χ1n) is 11.6. The number of aliphatic hydroxyl groups excluding tert-OH is 1. The molecule has 2 aliphatic carbocycles. The van der Waals surface area contributed by atoms with Gasteiger partial charge in [0.25, 0.3) is 0 Å². The van der Waals surface area contributed by atoms with Crippen molar-refractivity contribution in [2.75, 3.05) is 0 Å². The van der Waals surface area contributed by atoms with Crippen molar-refractivity contribution in [2.24, 2.45) is 5.41 Å². The molecule has 178 valence electrons. The Labute approximate surface area is 200 Å². The lowest BCUT2D eigenvalue weighted by Gasteiger charge is -2.37. The molecule has 4 aromatic rings. The number of aliphatic hydroxyl groups is 1. The highest BCUT2D eigenvalue weighted by atomic mass is 19.1. The number of halogens is 2. The molecule has 2 aliphatic rings. The van der Waals surface area contributed by atoms with Crippen LogP contribution in [0, 0.1) is 17.0 Å². The number of benzene rings is 1. The third-order valence-corrected chi connectivity index (χ3v) is 7.91. The molecule has 3 aromatic heterocycles. The molecule has 2 N–H and O–H groups in total. The number of nitrogens with one attached hydrogen (secondary N) is 1. The Morgan fingerprint density at radius 1 is 1.03 bits per heavy atom. The summed E-state index contributed by atoms with van der Waals surface area (Å²) in [5, 5.41) is 25.6. The minimum atomic E-state index is -0.766. The fourth-order valence-electron chi connectivity index (χ4n) is 6.13. The highest BCUT2D eigenvalue weighted by molar-refractivity contribution is 5.64. The Bertz CT molecular complexity index is 1450. The smallest absolute Gasteiger partial charge is 0.199 e. The minimum Gasteiger partial charge on any atom is -0.385 e. The van der Waals surface area contributed by atoms with E-state index in [0.29, 0.717) is 17.3 Å². The van der Waals surface area contributed by atoms with Crippen LogP contribution < -0.4 is 0 Å². The SMILES string of the molecule is C[C@@H](O)c1nc(-c2cccc([C@@]34CC[C@@H](c5cc(-c6c(F)cccc6F)nnc53)C4(C)C)n2)n[nH]1. The second-order valence-corrected chi connectivity index (χ2v) is 9.98. The summed E-state index contributed by atoms with van der Waals surface area (Å²) in [6, 6.07) is 11.3. The topological polar surface area (TPSA) is 100 Å². The maximum Gasteiger partial charge on any atom is 0.199 e. The second kappa shape index (κ2) is 7.45. The number of pyridine rings is 1. The number of hydrogen-bond donors (Lipinski definition) is 2. The van der Waals surface area contributed by atoms with Crippen molar-refractivity contribution in [3.8, 4) is 22.8 Å². The predicted molar refractivity (Wildman–Crippen MR) is 124 cm³/mol. The summed E-state index contributed by atoms with van der Waals surface area (Å²) >= 11 is 0. The van der Waals surface area contributed by atoms with E-state index in [-0.39, 0.29) is 22.6 Å². The summed E-state index contributed by atoms with van der Waals surface area (Å²) in [6.07, 6.45) is 0.977. The molecule has 0 spiro atoms. The van der Waals surface area contributed by atoms with Gasteiger partial charge in [-0.3, -0.25) is 5.10 Å². The molecule has 3 atom stereocenters. The molecule has 3 heterocycles. The predicted octanol–water partition coefficient (Wildman–Crippen LogP) is 4.86. The third kappa shape index (κ3) is 2.94. The van der Waals surface area contributed by atoms with E-state index in [1.165, 1.54) is 18.2 Å². The van der Waals surface area contributed by atoms with E-state index in [9.17, 15) is 13.9 Å². The number of hydrogen-bond acceptors (Lipinski definition) is 6. The van der Waals surface area contributed by atoms with Gasteiger partial charge in [-0.2, -0.15) is 10.2 Å². The third-order valence-electron chi connectivity index (χ3n) is 7.91. The lowest BCUT2D eigenvalue weighted by molar-refractivity contribution is 0.189. The zero-order valence-corrected chi connectivity index (χ0v) is 19.5. The molecular formula is C26H24F2N6O. The largest absolute Gasteiger partial charge is 0.385 e.